The van der Waals surface area contributed by atoms with Crippen LogP contribution in [0, 0.1) is 5.82 Å². The fourth-order valence-electron chi connectivity index (χ4n) is 5.31. The monoisotopic (exact) mass is 524 g/mol. The van der Waals surface area contributed by atoms with E-state index in [9.17, 15) is 19.5 Å². The number of halogens is 1. The molecule has 4 N–H and O–H groups in total. The van der Waals surface area contributed by atoms with Gasteiger partial charge in [-0.05, 0) is 43.4 Å². The number of anilines is 2. The predicted octanol–water partition coefficient (Wildman–Crippen LogP) is 4.77. The Morgan fingerprint density at radius 1 is 0.868 bits per heavy atom. The SMILES string of the molecule is O=C(O)CN(Cc1ccccc1)C(=O)CNC(=O)c1cc(F)c(NC2CCCCC2)cc1NC1CCCC1. The molecule has 2 aliphatic carbocycles. The fourth-order valence-corrected chi connectivity index (χ4v) is 5.31. The topological polar surface area (TPSA) is 111 Å². The second kappa shape index (κ2) is 13.3. The third-order valence-electron chi connectivity index (χ3n) is 7.33. The van der Waals surface area contributed by atoms with E-state index in [1.54, 1.807) is 30.3 Å². The summed E-state index contributed by atoms with van der Waals surface area (Å²) in [6.45, 7) is -0.785. The number of rotatable bonds is 11. The van der Waals surface area contributed by atoms with Gasteiger partial charge in [0.15, 0.2) is 0 Å². The van der Waals surface area contributed by atoms with Crippen molar-refractivity contribution in [1.29, 1.82) is 0 Å². The number of carbonyl (C=O) groups excluding carboxylic acids is 2. The van der Waals surface area contributed by atoms with Crippen molar-refractivity contribution in [1.82, 2.24) is 10.2 Å². The number of nitrogens with one attached hydrogen (secondary N) is 3. The molecule has 0 spiro atoms. The first-order chi connectivity index (χ1) is 18.4. The Hall–Kier alpha value is -3.62. The highest BCUT2D eigenvalue weighted by molar-refractivity contribution is 6.02. The number of carbonyl (C=O) groups is 3. The number of benzene rings is 2. The number of hydrogen-bond donors (Lipinski definition) is 4. The minimum Gasteiger partial charge on any atom is -0.480 e. The van der Waals surface area contributed by atoms with Gasteiger partial charge in [-0.25, -0.2) is 4.39 Å². The van der Waals surface area contributed by atoms with Crippen LogP contribution < -0.4 is 16.0 Å². The van der Waals surface area contributed by atoms with Crippen LogP contribution in [0.2, 0.25) is 0 Å². The number of carboxylic acid groups (broad SMARTS) is 1. The van der Waals surface area contributed by atoms with Crippen LogP contribution in [-0.4, -0.2) is 53.0 Å². The van der Waals surface area contributed by atoms with Gasteiger partial charge in [0.1, 0.15) is 12.4 Å². The van der Waals surface area contributed by atoms with Crippen LogP contribution >= 0.6 is 0 Å². The summed E-state index contributed by atoms with van der Waals surface area (Å²) in [5, 5.41) is 18.6. The third kappa shape index (κ3) is 7.69. The highest BCUT2D eigenvalue weighted by Gasteiger charge is 2.24. The van der Waals surface area contributed by atoms with Crippen LogP contribution in [0.15, 0.2) is 42.5 Å². The summed E-state index contributed by atoms with van der Waals surface area (Å²) in [7, 11) is 0. The molecule has 0 heterocycles. The van der Waals surface area contributed by atoms with Crippen molar-refractivity contribution in [2.75, 3.05) is 23.7 Å². The Morgan fingerprint density at radius 2 is 1.47 bits per heavy atom. The summed E-state index contributed by atoms with van der Waals surface area (Å²) in [6, 6.07) is 12.3. The molecule has 8 nitrogen and oxygen atoms in total. The van der Waals surface area contributed by atoms with E-state index in [0.29, 0.717) is 11.4 Å². The summed E-state index contributed by atoms with van der Waals surface area (Å²) in [4.78, 5) is 38.6. The first-order valence-corrected chi connectivity index (χ1v) is 13.6. The molecule has 0 unspecified atom stereocenters. The average Bonchev–Trinajstić information content (AvgIpc) is 3.42. The van der Waals surface area contributed by atoms with Gasteiger partial charge in [-0.3, -0.25) is 14.4 Å². The molecule has 2 aliphatic rings. The van der Waals surface area contributed by atoms with E-state index in [0.717, 1.165) is 56.9 Å². The highest BCUT2D eigenvalue weighted by atomic mass is 19.1. The lowest BCUT2D eigenvalue weighted by atomic mass is 9.95. The maximum absolute atomic E-state index is 15.2. The summed E-state index contributed by atoms with van der Waals surface area (Å²) >= 11 is 0. The second-order valence-electron chi connectivity index (χ2n) is 10.3. The van der Waals surface area contributed by atoms with Gasteiger partial charge in [0.25, 0.3) is 5.91 Å². The quantitative estimate of drug-likeness (QED) is 0.337. The Balaban J connectivity index is 1.47. The number of amides is 2. The molecule has 0 atom stereocenters. The molecule has 2 amide bonds. The molecular formula is C29H37FN4O4. The smallest absolute Gasteiger partial charge is 0.323 e. The van der Waals surface area contributed by atoms with Crippen molar-refractivity contribution in [2.45, 2.75) is 76.4 Å². The Kier molecular flexibility index (Phi) is 9.56. The van der Waals surface area contributed by atoms with E-state index in [1.165, 1.54) is 17.4 Å². The lowest BCUT2D eigenvalue weighted by molar-refractivity contribution is -0.144. The first kappa shape index (κ1) is 27.4. The number of hydrogen-bond acceptors (Lipinski definition) is 5. The van der Waals surface area contributed by atoms with E-state index in [1.807, 2.05) is 6.07 Å². The summed E-state index contributed by atoms with van der Waals surface area (Å²) in [5.41, 5.74) is 1.82. The number of aliphatic carboxylic acids is 1. The van der Waals surface area contributed by atoms with Gasteiger partial charge in [0, 0.05) is 24.3 Å². The summed E-state index contributed by atoms with van der Waals surface area (Å²) < 4.78 is 15.2. The normalized spacial score (nSPS) is 16.1. The van der Waals surface area contributed by atoms with Gasteiger partial charge in [0.05, 0.1) is 17.8 Å². The van der Waals surface area contributed by atoms with E-state index >= 15 is 4.39 Å². The molecule has 2 aromatic carbocycles. The van der Waals surface area contributed by atoms with Crippen molar-refractivity contribution < 1.29 is 23.9 Å². The van der Waals surface area contributed by atoms with E-state index < -0.39 is 36.7 Å². The third-order valence-corrected chi connectivity index (χ3v) is 7.33. The van der Waals surface area contributed by atoms with E-state index in [-0.39, 0.29) is 24.2 Å². The maximum Gasteiger partial charge on any atom is 0.323 e. The molecule has 204 valence electrons. The van der Waals surface area contributed by atoms with Crippen LogP contribution in [0.25, 0.3) is 0 Å². The second-order valence-corrected chi connectivity index (χ2v) is 10.3. The molecule has 0 saturated heterocycles. The predicted molar refractivity (Wildman–Crippen MR) is 145 cm³/mol. The lowest BCUT2D eigenvalue weighted by Crippen LogP contribution is -2.42. The van der Waals surface area contributed by atoms with Crippen molar-refractivity contribution in [3.8, 4) is 0 Å². The highest BCUT2D eigenvalue weighted by Crippen LogP contribution is 2.31. The molecule has 0 aromatic heterocycles. The summed E-state index contributed by atoms with van der Waals surface area (Å²) in [5.74, 6) is -2.78. The van der Waals surface area contributed by atoms with Crippen LogP contribution in [0.3, 0.4) is 0 Å². The van der Waals surface area contributed by atoms with Crippen LogP contribution in [0.1, 0.15) is 73.7 Å². The Bertz CT molecular complexity index is 1120. The fraction of sp³-hybridized carbons (Fsp3) is 0.483. The molecule has 2 aromatic rings. The molecule has 2 fully saturated rings. The molecule has 2 saturated carbocycles. The van der Waals surface area contributed by atoms with Crippen molar-refractivity contribution >= 4 is 29.2 Å². The van der Waals surface area contributed by atoms with Gasteiger partial charge in [-0.15, -0.1) is 0 Å². The van der Waals surface area contributed by atoms with Crippen molar-refractivity contribution in [2.24, 2.45) is 0 Å². The summed E-state index contributed by atoms with van der Waals surface area (Å²) in [6.07, 6.45) is 9.57. The minimum absolute atomic E-state index is 0.104. The molecule has 0 aliphatic heterocycles. The zero-order chi connectivity index (χ0) is 26.9. The van der Waals surface area contributed by atoms with E-state index in [4.69, 9.17) is 0 Å². The minimum atomic E-state index is -1.15. The van der Waals surface area contributed by atoms with Crippen LogP contribution in [0.4, 0.5) is 15.8 Å². The van der Waals surface area contributed by atoms with Gasteiger partial charge >= 0.3 is 5.97 Å². The lowest BCUT2D eigenvalue weighted by Gasteiger charge is -2.25. The standard InChI is InChI=1S/C29H37FN4O4/c30-24-15-23(25(32-21-13-7-8-14-21)16-26(24)33-22-11-5-2-6-12-22)29(38)31-17-27(35)34(19-28(36)37)18-20-9-3-1-4-10-20/h1,3-4,9-10,15-16,21-22,32-33H,2,5-8,11-14,17-19H2,(H,31,38)(H,36,37). The first-order valence-electron chi connectivity index (χ1n) is 13.6. The van der Waals surface area contributed by atoms with Crippen molar-refractivity contribution in [3.63, 3.8) is 0 Å². The van der Waals surface area contributed by atoms with Crippen LogP contribution in [-0.2, 0) is 16.1 Å². The zero-order valence-corrected chi connectivity index (χ0v) is 21.7. The zero-order valence-electron chi connectivity index (χ0n) is 21.7. The van der Waals surface area contributed by atoms with Gasteiger partial charge < -0.3 is 26.0 Å². The largest absolute Gasteiger partial charge is 0.480 e. The molecule has 4 rings (SSSR count). The van der Waals surface area contributed by atoms with E-state index in [2.05, 4.69) is 16.0 Å². The molecule has 0 bridgehead atoms. The number of carboxylic acids is 1. The van der Waals surface area contributed by atoms with Crippen molar-refractivity contribution in [3.05, 3.63) is 59.4 Å². The molecule has 0 radical (unpaired) electrons. The van der Waals surface area contributed by atoms with Crippen LogP contribution in [0.5, 0.6) is 0 Å². The number of nitrogens with zero attached hydrogens (tertiary/aromatic N) is 1. The Morgan fingerprint density at radius 3 is 2.11 bits per heavy atom. The molecule has 9 heteroatoms. The Labute approximate surface area is 223 Å². The van der Waals surface area contributed by atoms with Gasteiger partial charge in [-0.2, -0.15) is 0 Å². The van der Waals surface area contributed by atoms with Gasteiger partial charge in [0.2, 0.25) is 5.91 Å². The molecular weight excluding hydrogens is 487 g/mol. The van der Waals surface area contributed by atoms with Gasteiger partial charge in [-0.1, -0.05) is 62.4 Å². The molecule has 38 heavy (non-hydrogen) atoms. The average molecular weight is 525 g/mol. The maximum atomic E-state index is 15.2.